The van der Waals surface area contributed by atoms with Crippen LogP contribution < -0.4 is 21.3 Å². The molecule has 0 saturated carbocycles. The Morgan fingerprint density at radius 1 is 0.857 bits per heavy atom. The summed E-state index contributed by atoms with van der Waals surface area (Å²) in [6, 6.07) is 17.6. The second-order valence-electron chi connectivity index (χ2n) is 10.5. The second-order valence-corrected chi connectivity index (χ2v) is 10.5. The van der Waals surface area contributed by atoms with Crippen LogP contribution in [0, 0.1) is 0 Å². The van der Waals surface area contributed by atoms with Crippen LogP contribution in [0.15, 0.2) is 85.0 Å². The quantitative estimate of drug-likeness (QED) is 0.151. The second kappa shape index (κ2) is 18.0. The molecule has 0 fully saturated rings. The number of carbonyl (C=O) groups is 4. The first kappa shape index (κ1) is 33.6. The number of hydrogen-bond acceptors (Lipinski definition) is 6. The van der Waals surface area contributed by atoms with E-state index in [-0.39, 0.29) is 25.5 Å². The van der Waals surface area contributed by atoms with E-state index >= 15 is 0 Å². The van der Waals surface area contributed by atoms with Crippen molar-refractivity contribution in [3.05, 3.63) is 96.1 Å². The van der Waals surface area contributed by atoms with Gasteiger partial charge in [0.1, 0.15) is 18.2 Å². The Bertz CT molecular complexity index is 1190. The molecule has 10 heteroatoms. The zero-order chi connectivity index (χ0) is 30.8. The Morgan fingerprint density at radius 2 is 1.50 bits per heavy atom. The molecule has 4 amide bonds. The molecule has 10 nitrogen and oxygen atoms in total. The van der Waals surface area contributed by atoms with Gasteiger partial charge in [0.25, 0.3) is 0 Å². The van der Waals surface area contributed by atoms with Crippen molar-refractivity contribution in [1.29, 1.82) is 0 Å². The van der Waals surface area contributed by atoms with E-state index in [1.165, 1.54) is 13.1 Å². The summed E-state index contributed by atoms with van der Waals surface area (Å²) in [6.45, 7) is 5.59. The summed E-state index contributed by atoms with van der Waals surface area (Å²) in [6.07, 6.45) is 6.25. The van der Waals surface area contributed by atoms with Crippen molar-refractivity contribution in [3.8, 4) is 0 Å². The SMILES string of the molecule is CNC(=O)/C=C/C=C/[C@H](Cc1ccccc1)NC(=O)[C@H](CCCNC(=O)OCc1ccccc1)NC(=O)OC(C)(C)C. The van der Waals surface area contributed by atoms with Gasteiger partial charge in [0.15, 0.2) is 0 Å². The van der Waals surface area contributed by atoms with Gasteiger partial charge in [0.2, 0.25) is 11.8 Å². The molecule has 0 spiro atoms. The van der Waals surface area contributed by atoms with Crippen LogP contribution >= 0.6 is 0 Å². The van der Waals surface area contributed by atoms with Crippen LogP contribution in [0.4, 0.5) is 9.59 Å². The molecule has 2 aromatic rings. The number of amides is 4. The molecule has 0 aliphatic rings. The van der Waals surface area contributed by atoms with Crippen molar-refractivity contribution in [3.63, 3.8) is 0 Å². The van der Waals surface area contributed by atoms with Crippen molar-refractivity contribution < 1.29 is 28.7 Å². The molecule has 0 radical (unpaired) electrons. The van der Waals surface area contributed by atoms with Gasteiger partial charge in [-0.05, 0) is 51.2 Å². The van der Waals surface area contributed by atoms with E-state index in [0.29, 0.717) is 12.8 Å². The molecule has 2 rings (SSSR count). The minimum atomic E-state index is -0.921. The third-order valence-corrected chi connectivity index (χ3v) is 5.73. The number of nitrogens with one attached hydrogen (secondary N) is 4. The molecule has 42 heavy (non-hydrogen) atoms. The summed E-state index contributed by atoms with van der Waals surface area (Å²) in [7, 11) is 1.54. The maximum atomic E-state index is 13.4. The smallest absolute Gasteiger partial charge is 0.408 e. The van der Waals surface area contributed by atoms with Crippen molar-refractivity contribution >= 4 is 24.0 Å². The van der Waals surface area contributed by atoms with E-state index in [4.69, 9.17) is 9.47 Å². The summed E-state index contributed by atoms with van der Waals surface area (Å²) < 4.78 is 10.6. The number of alkyl carbamates (subject to hydrolysis) is 2. The number of carbonyl (C=O) groups excluding carboxylic acids is 4. The monoisotopic (exact) mass is 578 g/mol. The fraction of sp³-hybridized carbons (Fsp3) is 0.375. The molecule has 0 aliphatic carbocycles. The van der Waals surface area contributed by atoms with Crippen molar-refractivity contribution in [2.24, 2.45) is 0 Å². The number of rotatable bonds is 14. The number of hydrogen-bond donors (Lipinski definition) is 4. The zero-order valence-electron chi connectivity index (χ0n) is 24.7. The maximum Gasteiger partial charge on any atom is 0.408 e. The Kier molecular flexibility index (Phi) is 14.4. The van der Waals surface area contributed by atoms with Gasteiger partial charge >= 0.3 is 12.2 Å². The Balaban J connectivity index is 2.03. The summed E-state index contributed by atoms with van der Waals surface area (Å²) >= 11 is 0. The van der Waals surface area contributed by atoms with E-state index in [1.807, 2.05) is 60.7 Å². The molecular formula is C32H42N4O6. The van der Waals surface area contributed by atoms with Crippen LogP contribution in [0.3, 0.4) is 0 Å². The lowest BCUT2D eigenvalue weighted by Crippen LogP contribution is -2.51. The lowest BCUT2D eigenvalue weighted by atomic mass is 10.0. The summed E-state index contributed by atoms with van der Waals surface area (Å²) in [5.74, 6) is -0.657. The van der Waals surface area contributed by atoms with Crippen molar-refractivity contribution in [1.82, 2.24) is 21.3 Å². The molecule has 2 atom stereocenters. The largest absolute Gasteiger partial charge is 0.445 e. The average Bonchev–Trinajstić information content (AvgIpc) is 2.95. The van der Waals surface area contributed by atoms with Crippen LogP contribution in [0.1, 0.15) is 44.7 Å². The molecule has 0 aliphatic heterocycles. The first-order chi connectivity index (χ1) is 20.1. The van der Waals surface area contributed by atoms with Gasteiger partial charge < -0.3 is 30.7 Å². The molecular weight excluding hydrogens is 536 g/mol. The predicted octanol–water partition coefficient (Wildman–Crippen LogP) is 4.17. The highest BCUT2D eigenvalue weighted by atomic mass is 16.6. The van der Waals surface area contributed by atoms with Gasteiger partial charge in [0.05, 0.1) is 6.04 Å². The van der Waals surface area contributed by atoms with Gasteiger partial charge in [-0.2, -0.15) is 0 Å². The number of ether oxygens (including phenoxy) is 2. The lowest BCUT2D eigenvalue weighted by molar-refractivity contribution is -0.123. The standard InChI is InChI=1S/C32H42N4O6/c1-32(2,3)42-31(40)36-27(19-13-21-34-30(39)41-23-25-16-9-6-10-17-25)29(38)35-26(18-11-12-20-28(37)33-4)22-24-14-7-5-8-15-24/h5-12,14-18,20,26-27H,13,19,21-23H2,1-4H3,(H,33,37)(H,34,39)(H,35,38)(H,36,40)/b18-11+,20-12+/t26-,27+/m1/s1. The Morgan fingerprint density at radius 3 is 2.12 bits per heavy atom. The molecule has 0 saturated heterocycles. The minimum absolute atomic E-state index is 0.145. The Hall–Kier alpha value is -4.60. The summed E-state index contributed by atoms with van der Waals surface area (Å²) in [5.41, 5.74) is 1.12. The molecule has 0 heterocycles. The van der Waals surface area contributed by atoms with Gasteiger partial charge in [-0.15, -0.1) is 0 Å². The molecule has 0 aromatic heterocycles. The first-order valence-electron chi connectivity index (χ1n) is 13.9. The third-order valence-electron chi connectivity index (χ3n) is 5.73. The van der Waals surface area contributed by atoms with Crippen molar-refractivity contribution in [2.75, 3.05) is 13.6 Å². The van der Waals surface area contributed by atoms with Gasteiger partial charge in [-0.3, -0.25) is 9.59 Å². The van der Waals surface area contributed by atoms with Crippen molar-refractivity contribution in [2.45, 2.75) is 64.3 Å². The van der Waals surface area contributed by atoms with E-state index < -0.39 is 35.8 Å². The number of likely N-dealkylation sites (N-methyl/N-ethyl adjacent to an activating group) is 1. The van der Waals surface area contributed by atoms with Gasteiger partial charge in [0, 0.05) is 19.7 Å². The van der Waals surface area contributed by atoms with E-state index in [0.717, 1.165) is 11.1 Å². The fourth-order valence-corrected chi connectivity index (χ4v) is 3.73. The summed E-state index contributed by atoms with van der Waals surface area (Å²) in [4.78, 5) is 49.6. The lowest BCUT2D eigenvalue weighted by Gasteiger charge is -2.25. The average molecular weight is 579 g/mol. The maximum absolute atomic E-state index is 13.4. The fourth-order valence-electron chi connectivity index (χ4n) is 3.73. The van der Waals surface area contributed by atoms with Gasteiger partial charge in [-0.1, -0.05) is 78.9 Å². The molecule has 2 aromatic carbocycles. The minimum Gasteiger partial charge on any atom is -0.445 e. The topological polar surface area (TPSA) is 135 Å². The highest BCUT2D eigenvalue weighted by Crippen LogP contribution is 2.10. The Labute approximate surface area is 247 Å². The predicted molar refractivity (Wildman–Crippen MR) is 161 cm³/mol. The normalized spacial score (nSPS) is 12.8. The van der Waals surface area contributed by atoms with Crippen LogP contribution in [0.5, 0.6) is 0 Å². The molecule has 0 unspecified atom stereocenters. The summed E-state index contributed by atoms with van der Waals surface area (Å²) in [5, 5.41) is 10.8. The molecule has 4 N–H and O–H groups in total. The highest BCUT2D eigenvalue weighted by Gasteiger charge is 2.25. The third kappa shape index (κ3) is 14.7. The van der Waals surface area contributed by atoms with E-state index in [2.05, 4.69) is 21.3 Å². The van der Waals surface area contributed by atoms with Crippen LogP contribution in [-0.2, 0) is 32.1 Å². The highest BCUT2D eigenvalue weighted by molar-refractivity contribution is 5.87. The van der Waals surface area contributed by atoms with Crippen LogP contribution in [-0.4, -0.2) is 55.3 Å². The van der Waals surface area contributed by atoms with E-state index in [1.54, 1.807) is 39.0 Å². The van der Waals surface area contributed by atoms with Gasteiger partial charge in [-0.25, -0.2) is 9.59 Å². The number of benzene rings is 2. The van der Waals surface area contributed by atoms with E-state index in [9.17, 15) is 19.2 Å². The first-order valence-corrected chi connectivity index (χ1v) is 13.9. The number of allylic oxidation sites excluding steroid dienone is 2. The van der Waals surface area contributed by atoms with Crippen LogP contribution in [0.25, 0.3) is 0 Å². The molecule has 226 valence electrons. The van der Waals surface area contributed by atoms with Crippen LogP contribution in [0.2, 0.25) is 0 Å². The molecule has 0 bridgehead atoms. The zero-order valence-corrected chi connectivity index (χ0v) is 24.7.